The molecule has 0 spiro atoms. The molecule has 0 radical (unpaired) electrons. The molecule has 2 amide bonds. The lowest BCUT2D eigenvalue weighted by Gasteiger charge is -2.34. The van der Waals surface area contributed by atoms with Gasteiger partial charge in [-0.05, 0) is 63.1 Å². The fourth-order valence-electron chi connectivity index (χ4n) is 5.50. The Morgan fingerprint density at radius 2 is 1.82 bits per heavy atom. The minimum Gasteiger partial charge on any atom is -0.494 e. The molecule has 1 aliphatic carbocycles. The molecule has 0 atom stereocenters. The first kappa shape index (κ1) is 27.9. The molecule has 4 rings (SSSR count). The number of carbonyl (C=O) groups is 3. The number of unbranched alkanes of at least 4 members (excludes halogenated alkanes) is 4. The zero-order chi connectivity index (χ0) is 26.7. The number of amides is 2. The number of aliphatic imine (C=N–C) groups is 1. The lowest BCUT2D eigenvalue weighted by atomic mass is 9.93. The second-order valence-electron chi connectivity index (χ2n) is 10.6. The normalized spacial score (nSPS) is 16.8. The van der Waals surface area contributed by atoms with Crippen LogP contribution in [0.3, 0.4) is 0 Å². The maximum Gasteiger partial charge on any atom is 0.302 e. The number of carbonyl (C=O) groups excluding carboxylic acids is 3. The molecule has 1 saturated heterocycles. The largest absolute Gasteiger partial charge is 0.494 e. The molecule has 0 unspecified atom stereocenters. The molecule has 1 N–H and O–H groups in total. The van der Waals surface area contributed by atoms with Gasteiger partial charge in [0.1, 0.15) is 12.3 Å². The lowest BCUT2D eigenvalue weighted by molar-refractivity contribution is -0.141. The zero-order valence-electron chi connectivity index (χ0n) is 22.7. The Bertz CT molecular complexity index is 1000. The van der Waals surface area contributed by atoms with Gasteiger partial charge in [-0.1, -0.05) is 25.7 Å². The number of nitrogens with zero attached hydrogens (tertiary/aromatic N) is 3. The molecule has 2 fully saturated rings. The SMILES string of the molecule is CC(=O)OCCCCCCN(C(=O)CCCCOc1ccc2c(c1)CN1CC(=O)NC1=N2)C1CCCCC1. The zero-order valence-corrected chi connectivity index (χ0v) is 22.7. The van der Waals surface area contributed by atoms with Gasteiger partial charge in [-0.15, -0.1) is 0 Å². The Hall–Kier alpha value is -3.10. The lowest BCUT2D eigenvalue weighted by Crippen LogP contribution is -2.42. The molecule has 2 heterocycles. The van der Waals surface area contributed by atoms with Crippen molar-refractivity contribution >= 4 is 29.4 Å². The van der Waals surface area contributed by atoms with E-state index in [0.29, 0.717) is 44.7 Å². The predicted molar refractivity (Wildman–Crippen MR) is 145 cm³/mol. The average Bonchev–Trinajstić information content (AvgIpc) is 3.27. The van der Waals surface area contributed by atoms with Crippen LogP contribution >= 0.6 is 0 Å². The van der Waals surface area contributed by atoms with Crippen molar-refractivity contribution in [1.82, 2.24) is 15.1 Å². The minimum absolute atomic E-state index is 0.0270. The van der Waals surface area contributed by atoms with Crippen LogP contribution in [0.5, 0.6) is 5.75 Å². The van der Waals surface area contributed by atoms with Crippen LogP contribution in [0.1, 0.15) is 89.5 Å². The summed E-state index contributed by atoms with van der Waals surface area (Å²) in [6.07, 6.45) is 12.1. The number of hydrogen-bond acceptors (Lipinski definition) is 7. The molecule has 0 aromatic heterocycles. The van der Waals surface area contributed by atoms with E-state index < -0.39 is 0 Å². The molecule has 1 aromatic rings. The van der Waals surface area contributed by atoms with E-state index in [-0.39, 0.29) is 17.8 Å². The van der Waals surface area contributed by atoms with E-state index >= 15 is 0 Å². The number of rotatable bonds is 14. The molecule has 1 aromatic carbocycles. The van der Waals surface area contributed by atoms with Gasteiger partial charge in [0.25, 0.3) is 0 Å². The van der Waals surface area contributed by atoms with E-state index in [0.717, 1.165) is 74.9 Å². The summed E-state index contributed by atoms with van der Waals surface area (Å²) in [7, 11) is 0. The fourth-order valence-corrected chi connectivity index (χ4v) is 5.50. The van der Waals surface area contributed by atoms with Crippen molar-refractivity contribution < 1.29 is 23.9 Å². The first-order valence-corrected chi connectivity index (χ1v) is 14.3. The van der Waals surface area contributed by atoms with Crippen molar-refractivity contribution in [1.29, 1.82) is 0 Å². The topological polar surface area (TPSA) is 101 Å². The maximum atomic E-state index is 13.2. The van der Waals surface area contributed by atoms with E-state index in [1.165, 1.54) is 26.2 Å². The van der Waals surface area contributed by atoms with Crippen LogP contribution in [-0.4, -0.2) is 65.9 Å². The molecule has 208 valence electrons. The summed E-state index contributed by atoms with van der Waals surface area (Å²) in [5, 5.41) is 2.78. The van der Waals surface area contributed by atoms with Crippen LogP contribution < -0.4 is 10.1 Å². The second-order valence-corrected chi connectivity index (χ2v) is 10.6. The Morgan fingerprint density at radius 3 is 2.63 bits per heavy atom. The Balaban J connectivity index is 1.16. The number of guanidine groups is 1. The molecule has 2 aliphatic heterocycles. The maximum absolute atomic E-state index is 13.2. The highest BCUT2D eigenvalue weighted by atomic mass is 16.5. The van der Waals surface area contributed by atoms with Gasteiger partial charge >= 0.3 is 5.97 Å². The first-order valence-electron chi connectivity index (χ1n) is 14.3. The predicted octanol–water partition coefficient (Wildman–Crippen LogP) is 4.45. The van der Waals surface area contributed by atoms with Crippen LogP contribution in [-0.2, 0) is 25.7 Å². The third-order valence-corrected chi connectivity index (χ3v) is 7.51. The molecule has 38 heavy (non-hydrogen) atoms. The van der Waals surface area contributed by atoms with Gasteiger partial charge in [-0.3, -0.25) is 19.7 Å². The first-order chi connectivity index (χ1) is 18.5. The van der Waals surface area contributed by atoms with Gasteiger partial charge in [0, 0.05) is 38.0 Å². The van der Waals surface area contributed by atoms with E-state index in [1.54, 1.807) is 0 Å². The quantitative estimate of drug-likeness (QED) is 0.284. The second kappa shape index (κ2) is 14.2. The van der Waals surface area contributed by atoms with Crippen LogP contribution in [0, 0.1) is 0 Å². The summed E-state index contributed by atoms with van der Waals surface area (Å²) in [4.78, 5) is 44.3. The smallest absolute Gasteiger partial charge is 0.302 e. The molecule has 9 nitrogen and oxygen atoms in total. The summed E-state index contributed by atoms with van der Waals surface area (Å²) in [6.45, 7) is 4.29. The van der Waals surface area contributed by atoms with Crippen molar-refractivity contribution in [2.24, 2.45) is 4.99 Å². The van der Waals surface area contributed by atoms with Gasteiger partial charge < -0.3 is 19.3 Å². The number of benzene rings is 1. The highest BCUT2D eigenvalue weighted by molar-refractivity contribution is 6.05. The molecular formula is C29H42N4O5. The molecule has 3 aliphatic rings. The van der Waals surface area contributed by atoms with E-state index in [1.807, 2.05) is 23.1 Å². The van der Waals surface area contributed by atoms with Crippen molar-refractivity contribution in [3.63, 3.8) is 0 Å². The Kier molecular flexibility index (Phi) is 10.4. The van der Waals surface area contributed by atoms with E-state index in [9.17, 15) is 14.4 Å². The number of fused-ring (bicyclic) bond motifs is 2. The number of hydrogen-bond donors (Lipinski definition) is 1. The van der Waals surface area contributed by atoms with Crippen molar-refractivity contribution in [2.45, 2.75) is 96.6 Å². The monoisotopic (exact) mass is 526 g/mol. The number of nitrogens with one attached hydrogen (secondary N) is 1. The van der Waals surface area contributed by atoms with Gasteiger partial charge in [-0.2, -0.15) is 0 Å². The summed E-state index contributed by atoms with van der Waals surface area (Å²) in [5.74, 6) is 1.44. The Labute approximate surface area is 225 Å². The van der Waals surface area contributed by atoms with Crippen molar-refractivity contribution in [3.8, 4) is 5.75 Å². The number of ether oxygens (including phenoxy) is 2. The van der Waals surface area contributed by atoms with Crippen LogP contribution in [0.4, 0.5) is 5.69 Å². The van der Waals surface area contributed by atoms with Crippen LogP contribution in [0.25, 0.3) is 0 Å². The van der Waals surface area contributed by atoms with E-state index in [2.05, 4.69) is 15.2 Å². The van der Waals surface area contributed by atoms with Crippen LogP contribution in [0.15, 0.2) is 23.2 Å². The highest BCUT2D eigenvalue weighted by Crippen LogP contribution is 2.30. The van der Waals surface area contributed by atoms with E-state index in [4.69, 9.17) is 9.47 Å². The third kappa shape index (κ3) is 8.20. The van der Waals surface area contributed by atoms with Gasteiger partial charge in [0.2, 0.25) is 17.8 Å². The minimum atomic E-state index is -0.223. The van der Waals surface area contributed by atoms with Gasteiger partial charge in [0.15, 0.2) is 0 Å². The van der Waals surface area contributed by atoms with Gasteiger partial charge in [-0.25, -0.2) is 4.99 Å². The number of esters is 1. The molecule has 0 bridgehead atoms. The molecular weight excluding hydrogens is 484 g/mol. The standard InChI is InChI=1S/C29H42N4O5/c1-22(34)37-17-9-3-2-8-16-33(24-11-5-4-6-12-24)28(36)13-7-10-18-38-25-14-15-26-23(19-25)20-32-21-27(35)31-29(32)30-26/h14-15,19,24H,2-13,16-18,20-21H2,1H3,(H,30,31,35). The highest BCUT2D eigenvalue weighted by Gasteiger charge is 2.29. The summed E-state index contributed by atoms with van der Waals surface area (Å²) >= 11 is 0. The van der Waals surface area contributed by atoms with Crippen molar-refractivity contribution in [3.05, 3.63) is 23.8 Å². The summed E-state index contributed by atoms with van der Waals surface area (Å²) < 4.78 is 11.0. The van der Waals surface area contributed by atoms with Gasteiger partial charge in [0.05, 0.1) is 18.9 Å². The Morgan fingerprint density at radius 1 is 1.03 bits per heavy atom. The summed E-state index contributed by atoms with van der Waals surface area (Å²) in [5.41, 5.74) is 1.91. The average molecular weight is 527 g/mol. The molecule has 9 heteroatoms. The third-order valence-electron chi connectivity index (χ3n) is 7.51. The van der Waals surface area contributed by atoms with Crippen molar-refractivity contribution in [2.75, 3.05) is 26.3 Å². The summed E-state index contributed by atoms with van der Waals surface area (Å²) in [6, 6.07) is 6.23. The van der Waals surface area contributed by atoms with Crippen LogP contribution in [0.2, 0.25) is 0 Å². The fraction of sp³-hybridized carbons (Fsp3) is 0.655. The molecule has 1 saturated carbocycles.